The fraction of sp³-hybridized carbons (Fsp3) is 0.409. The third kappa shape index (κ3) is 4.63. The molecule has 0 amide bonds. The van der Waals surface area contributed by atoms with Gasteiger partial charge >= 0.3 is 0 Å². The lowest BCUT2D eigenvalue weighted by Crippen LogP contribution is -2.20. The summed E-state index contributed by atoms with van der Waals surface area (Å²) < 4.78 is 8.06. The van der Waals surface area contributed by atoms with E-state index in [1.807, 2.05) is 41.1 Å². The van der Waals surface area contributed by atoms with Gasteiger partial charge in [-0.2, -0.15) is 0 Å². The largest absolute Gasteiger partial charge is 0.476 e. The summed E-state index contributed by atoms with van der Waals surface area (Å²) in [5.74, 6) is 0.737. The van der Waals surface area contributed by atoms with E-state index in [0.29, 0.717) is 6.54 Å². The summed E-state index contributed by atoms with van der Waals surface area (Å²) in [5, 5.41) is 6.56. The Morgan fingerprint density at radius 2 is 1.74 bits per heavy atom. The number of para-hydroxylation sites is 1. The van der Waals surface area contributed by atoms with Crippen molar-refractivity contribution in [3.05, 3.63) is 59.1 Å². The van der Waals surface area contributed by atoms with Crippen molar-refractivity contribution in [2.24, 2.45) is 0 Å². The first kappa shape index (κ1) is 18.3. The van der Waals surface area contributed by atoms with Gasteiger partial charge in [0.2, 0.25) is 5.88 Å². The highest BCUT2D eigenvalue weighted by molar-refractivity contribution is 6.30. The van der Waals surface area contributed by atoms with Crippen LogP contribution in [0.4, 0.5) is 0 Å². The lowest BCUT2D eigenvalue weighted by atomic mass is 10.2. The zero-order valence-electron chi connectivity index (χ0n) is 15.6. The highest BCUT2D eigenvalue weighted by Crippen LogP contribution is 2.26. The Kier molecular flexibility index (Phi) is 5.95. The smallest absolute Gasteiger partial charge is 0.240 e. The van der Waals surface area contributed by atoms with Gasteiger partial charge in [0, 0.05) is 5.02 Å². The molecule has 1 aromatic heterocycles. The standard InChI is InChI=1S/C22H26ClN3O/c23-19-11-9-18(10-12-19)17-26-21-8-2-1-7-20(21)22(24-26)27-16-6-5-15-25-13-3-4-14-25/h1-2,7-12H,3-6,13-17H2. The maximum Gasteiger partial charge on any atom is 0.240 e. The summed E-state index contributed by atoms with van der Waals surface area (Å²) in [5.41, 5.74) is 2.27. The molecule has 2 heterocycles. The van der Waals surface area contributed by atoms with E-state index in [0.717, 1.165) is 34.8 Å². The number of hydrogen-bond acceptors (Lipinski definition) is 3. The minimum absolute atomic E-state index is 0.704. The van der Waals surface area contributed by atoms with Gasteiger partial charge in [0.1, 0.15) is 0 Å². The van der Waals surface area contributed by atoms with Crippen molar-refractivity contribution in [1.29, 1.82) is 0 Å². The number of rotatable bonds is 8. The highest BCUT2D eigenvalue weighted by Gasteiger charge is 2.13. The number of likely N-dealkylation sites (tertiary alicyclic amines) is 1. The molecule has 5 heteroatoms. The van der Waals surface area contributed by atoms with Gasteiger partial charge in [-0.3, -0.25) is 4.68 Å². The van der Waals surface area contributed by atoms with E-state index in [-0.39, 0.29) is 0 Å². The Balaban J connectivity index is 1.39. The Bertz CT molecular complexity index is 869. The number of aromatic nitrogens is 2. The van der Waals surface area contributed by atoms with Gasteiger partial charge in [0.05, 0.1) is 24.1 Å². The molecule has 0 spiro atoms. The fourth-order valence-corrected chi connectivity index (χ4v) is 3.83. The first-order valence-electron chi connectivity index (χ1n) is 9.85. The molecule has 0 N–H and O–H groups in total. The summed E-state index contributed by atoms with van der Waals surface area (Å²) in [7, 11) is 0. The maximum absolute atomic E-state index is 6.05. The molecular formula is C22H26ClN3O. The van der Waals surface area contributed by atoms with Crippen LogP contribution < -0.4 is 4.74 Å². The quantitative estimate of drug-likeness (QED) is 0.513. The van der Waals surface area contributed by atoms with Crippen LogP contribution in [0.2, 0.25) is 5.02 Å². The summed E-state index contributed by atoms with van der Waals surface area (Å²) >= 11 is 5.99. The predicted molar refractivity (Wildman–Crippen MR) is 111 cm³/mol. The molecule has 4 rings (SSSR count). The molecule has 0 aliphatic carbocycles. The van der Waals surface area contributed by atoms with Crippen LogP contribution in [0.3, 0.4) is 0 Å². The number of unbranched alkanes of at least 4 members (excludes halogenated alkanes) is 1. The van der Waals surface area contributed by atoms with Crippen molar-refractivity contribution in [3.63, 3.8) is 0 Å². The van der Waals surface area contributed by atoms with E-state index in [2.05, 4.69) is 17.0 Å². The summed E-state index contributed by atoms with van der Waals surface area (Å²) in [6.07, 6.45) is 4.96. The van der Waals surface area contributed by atoms with Gasteiger partial charge in [-0.25, -0.2) is 0 Å². The third-order valence-corrected chi connectivity index (χ3v) is 5.43. The zero-order chi connectivity index (χ0) is 18.5. The van der Waals surface area contributed by atoms with E-state index in [4.69, 9.17) is 21.4 Å². The molecule has 142 valence electrons. The first-order valence-corrected chi connectivity index (χ1v) is 10.2. The van der Waals surface area contributed by atoms with E-state index < -0.39 is 0 Å². The Morgan fingerprint density at radius 3 is 2.56 bits per heavy atom. The van der Waals surface area contributed by atoms with E-state index in [9.17, 15) is 0 Å². The monoisotopic (exact) mass is 383 g/mol. The minimum Gasteiger partial charge on any atom is -0.476 e. The summed E-state index contributed by atoms with van der Waals surface area (Å²) in [4.78, 5) is 2.55. The van der Waals surface area contributed by atoms with Crippen molar-refractivity contribution in [2.75, 3.05) is 26.2 Å². The summed E-state index contributed by atoms with van der Waals surface area (Å²) in [6.45, 7) is 5.14. The molecule has 4 nitrogen and oxygen atoms in total. The van der Waals surface area contributed by atoms with Crippen molar-refractivity contribution in [2.45, 2.75) is 32.2 Å². The molecule has 0 atom stereocenters. The average Bonchev–Trinajstić information content (AvgIpc) is 3.32. The number of halogens is 1. The van der Waals surface area contributed by atoms with Crippen LogP contribution in [0.1, 0.15) is 31.2 Å². The third-order valence-electron chi connectivity index (χ3n) is 5.18. The second-order valence-electron chi connectivity index (χ2n) is 7.21. The predicted octanol–water partition coefficient (Wildman–Crippen LogP) is 4.99. The van der Waals surface area contributed by atoms with E-state index in [1.54, 1.807) is 0 Å². The van der Waals surface area contributed by atoms with E-state index in [1.165, 1.54) is 44.5 Å². The average molecular weight is 384 g/mol. The molecule has 1 aliphatic rings. The number of nitrogens with zero attached hydrogens (tertiary/aromatic N) is 3. The lowest BCUT2D eigenvalue weighted by Gasteiger charge is -2.13. The molecule has 1 saturated heterocycles. The maximum atomic E-state index is 6.05. The summed E-state index contributed by atoms with van der Waals surface area (Å²) in [6, 6.07) is 16.2. The van der Waals surface area contributed by atoms with Crippen molar-refractivity contribution < 1.29 is 4.74 Å². The molecular weight excluding hydrogens is 358 g/mol. The van der Waals surface area contributed by atoms with Crippen molar-refractivity contribution in [1.82, 2.24) is 14.7 Å². The van der Waals surface area contributed by atoms with Crippen LogP contribution in [0, 0.1) is 0 Å². The molecule has 0 saturated carbocycles. The Labute approximate surface area is 165 Å². The molecule has 3 aromatic rings. The van der Waals surface area contributed by atoms with Gasteiger partial charge in [-0.15, -0.1) is 5.10 Å². The number of ether oxygens (including phenoxy) is 1. The Hall–Kier alpha value is -2.04. The van der Waals surface area contributed by atoms with Gasteiger partial charge < -0.3 is 9.64 Å². The van der Waals surface area contributed by atoms with Gasteiger partial charge in [0.15, 0.2) is 0 Å². The SMILES string of the molecule is Clc1ccc(Cn2nc(OCCCCN3CCCC3)c3ccccc32)cc1. The van der Waals surface area contributed by atoms with Crippen LogP contribution >= 0.6 is 11.6 Å². The van der Waals surface area contributed by atoms with Crippen LogP contribution in [-0.2, 0) is 6.54 Å². The zero-order valence-corrected chi connectivity index (χ0v) is 16.4. The lowest BCUT2D eigenvalue weighted by molar-refractivity contribution is 0.272. The molecule has 0 bridgehead atoms. The van der Waals surface area contributed by atoms with E-state index >= 15 is 0 Å². The second-order valence-corrected chi connectivity index (χ2v) is 7.65. The van der Waals surface area contributed by atoms with Crippen LogP contribution in [-0.4, -0.2) is 40.9 Å². The fourth-order valence-electron chi connectivity index (χ4n) is 3.70. The molecule has 0 unspecified atom stereocenters. The minimum atomic E-state index is 0.704. The van der Waals surface area contributed by atoms with Crippen LogP contribution in [0.5, 0.6) is 5.88 Å². The van der Waals surface area contributed by atoms with Crippen molar-refractivity contribution in [3.8, 4) is 5.88 Å². The molecule has 0 radical (unpaired) electrons. The Morgan fingerprint density at radius 1 is 0.963 bits per heavy atom. The number of fused-ring (bicyclic) bond motifs is 1. The molecule has 2 aromatic carbocycles. The molecule has 1 aliphatic heterocycles. The molecule has 1 fully saturated rings. The highest BCUT2D eigenvalue weighted by atomic mass is 35.5. The van der Waals surface area contributed by atoms with Gasteiger partial charge in [-0.1, -0.05) is 35.9 Å². The second kappa shape index (κ2) is 8.77. The van der Waals surface area contributed by atoms with Gasteiger partial charge in [-0.05, 0) is 75.1 Å². The van der Waals surface area contributed by atoms with Crippen molar-refractivity contribution >= 4 is 22.5 Å². The molecule has 27 heavy (non-hydrogen) atoms. The van der Waals surface area contributed by atoms with Crippen LogP contribution in [0.25, 0.3) is 10.9 Å². The van der Waals surface area contributed by atoms with Crippen LogP contribution in [0.15, 0.2) is 48.5 Å². The topological polar surface area (TPSA) is 30.3 Å². The van der Waals surface area contributed by atoms with Gasteiger partial charge in [0.25, 0.3) is 0 Å². The first-order chi connectivity index (χ1) is 13.3. The number of hydrogen-bond donors (Lipinski definition) is 0. The normalized spacial score (nSPS) is 14.9. The number of benzene rings is 2.